The fraction of sp³-hybridized carbons (Fsp3) is 0.240. The SMILES string of the molecule is COCC1(C)C(c2cccc(OC(F)(F)F)c2)N(c2ccc(Cl)cc2)C(=O)N1c1ccc(Cl)cc1. The Morgan fingerprint density at radius 3 is 2.06 bits per heavy atom. The number of benzene rings is 3. The van der Waals surface area contributed by atoms with Gasteiger partial charge < -0.3 is 9.47 Å². The summed E-state index contributed by atoms with van der Waals surface area (Å²) in [5, 5.41) is 0.976. The molecule has 3 aromatic carbocycles. The highest BCUT2D eigenvalue weighted by Gasteiger charge is 2.56. The van der Waals surface area contributed by atoms with Crippen LogP contribution in [-0.2, 0) is 4.74 Å². The lowest BCUT2D eigenvalue weighted by molar-refractivity contribution is -0.274. The van der Waals surface area contributed by atoms with Gasteiger partial charge in [0.25, 0.3) is 0 Å². The summed E-state index contributed by atoms with van der Waals surface area (Å²) in [5.41, 5.74) is 0.482. The molecule has 0 bridgehead atoms. The number of nitrogens with zero attached hydrogens (tertiary/aromatic N) is 2. The highest BCUT2D eigenvalue weighted by Crippen LogP contribution is 2.48. The Morgan fingerprint density at radius 2 is 1.51 bits per heavy atom. The number of urea groups is 1. The summed E-state index contributed by atoms with van der Waals surface area (Å²) in [7, 11) is 1.50. The Morgan fingerprint density at radius 1 is 0.943 bits per heavy atom. The van der Waals surface area contributed by atoms with Crippen LogP contribution in [0.1, 0.15) is 18.5 Å². The zero-order valence-corrected chi connectivity index (χ0v) is 20.2. The fourth-order valence-corrected chi connectivity index (χ4v) is 4.77. The van der Waals surface area contributed by atoms with Crippen LogP contribution < -0.4 is 14.5 Å². The van der Waals surface area contributed by atoms with Crippen molar-refractivity contribution in [3.8, 4) is 5.75 Å². The molecule has 0 radical (unpaired) electrons. The molecule has 1 aliphatic rings. The molecular weight excluding hydrogens is 504 g/mol. The fourth-order valence-electron chi connectivity index (χ4n) is 4.52. The molecule has 1 aliphatic heterocycles. The molecule has 0 spiro atoms. The number of carbonyl (C=O) groups excluding carboxylic acids is 1. The molecule has 10 heteroatoms. The van der Waals surface area contributed by atoms with Gasteiger partial charge in [-0.2, -0.15) is 0 Å². The van der Waals surface area contributed by atoms with Gasteiger partial charge in [-0.3, -0.25) is 9.80 Å². The minimum atomic E-state index is -4.86. The van der Waals surface area contributed by atoms with Gasteiger partial charge in [0.15, 0.2) is 0 Å². The van der Waals surface area contributed by atoms with Crippen LogP contribution >= 0.6 is 23.2 Å². The summed E-state index contributed by atoms with van der Waals surface area (Å²) in [4.78, 5) is 17.1. The number of methoxy groups -OCH3 is 1. The first kappa shape index (κ1) is 25.2. The van der Waals surface area contributed by atoms with Gasteiger partial charge in [-0.05, 0) is 73.2 Å². The largest absolute Gasteiger partial charge is 0.573 e. The van der Waals surface area contributed by atoms with Gasteiger partial charge >= 0.3 is 12.4 Å². The maximum Gasteiger partial charge on any atom is 0.573 e. The third kappa shape index (κ3) is 5.05. The maximum absolute atomic E-state index is 14.0. The molecule has 1 heterocycles. The van der Waals surface area contributed by atoms with E-state index in [1.807, 2.05) is 6.92 Å². The van der Waals surface area contributed by atoms with Crippen LogP contribution in [0.2, 0.25) is 10.0 Å². The molecule has 2 atom stereocenters. The van der Waals surface area contributed by atoms with Crippen molar-refractivity contribution in [2.75, 3.05) is 23.5 Å². The van der Waals surface area contributed by atoms with Crippen LogP contribution in [0.3, 0.4) is 0 Å². The number of halogens is 5. The number of alkyl halides is 3. The summed E-state index contributed by atoms with van der Waals surface area (Å²) in [6.07, 6.45) is -4.86. The Kier molecular flexibility index (Phi) is 6.90. The van der Waals surface area contributed by atoms with Crippen molar-refractivity contribution in [2.24, 2.45) is 0 Å². The van der Waals surface area contributed by atoms with Gasteiger partial charge in [-0.1, -0.05) is 35.3 Å². The molecular formula is C25H21Cl2F3N2O3. The first-order valence-electron chi connectivity index (χ1n) is 10.5. The van der Waals surface area contributed by atoms with Crippen molar-refractivity contribution in [3.05, 3.63) is 88.4 Å². The van der Waals surface area contributed by atoms with Gasteiger partial charge in [0.05, 0.1) is 18.2 Å². The van der Waals surface area contributed by atoms with Crippen molar-refractivity contribution >= 4 is 40.6 Å². The van der Waals surface area contributed by atoms with E-state index in [4.69, 9.17) is 27.9 Å². The van der Waals surface area contributed by atoms with Gasteiger partial charge in [0.1, 0.15) is 5.75 Å². The molecule has 1 saturated heterocycles. The van der Waals surface area contributed by atoms with Crippen molar-refractivity contribution in [1.82, 2.24) is 0 Å². The summed E-state index contributed by atoms with van der Waals surface area (Å²) < 4.78 is 48.5. The number of carbonyl (C=O) groups is 1. The molecule has 4 rings (SSSR count). The Bertz CT molecular complexity index is 1210. The van der Waals surface area contributed by atoms with E-state index in [1.165, 1.54) is 30.2 Å². The van der Waals surface area contributed by atoms with Crippen LogP contribution in [-0.4, -0.2) is 31.6 Å². The first-order chi connectivity index (χ1) is 16.5. The molecule has 1 fully saturated rings. The Labute approximate surface area is 210 Å². The summed E-state index contributed by atoms with van der Waals surface area (Å²) in [5.74, 6) is -0.386. The summed E-state index contributed by atoms with van der Waals surface area (Å²) in [6.45, 7) is 1.90. The van der Waals surface area contributed by atoms with E-state index < -0.39 is 17.9 Å². The van der Waals surface area contributed by atoms with Crippen molar-refractivity contribution in [3.63, 3.8) is 0 Å². The van der Waals surface area contributed by atoms with Crippen molar-refractivity contribution in [2.45, 2.75) is 24.9 Å². The summed E-state index contributed by atoms with van der Waals surface area (Å²) >= 11 is 12.1. The highest BCUT2D eigenvalue weighted by molar-refractivity contribution is 6.31. The van der Waals surface area contributed by atoms with Crippen LogP contribution in [0.4, 0.5) is 29.3 Å². The smallest absolute Gasteiger partial charge is 0.406 e. The lowest BCUT2D eigenvalue weighted by atomic mass is 9.86. The van der Waals surface area contributed by atoms with Gasteiger partial charge in [0.2, 0.25) is 0 Å². The number of hydrogen-bond donors (Lipinski definition) is 0. The third-order valence-corrected chi connectivity index (χ3v) is 6.29. The quantitative estimate of drug-likeness (QED) is 0.335. The number of hydrogen-bond acceptors (Lipinski definition) is 3. The number of anilines is 2. The second-order valence-electron chi connectivity index (χ2n) is 8.25. The van der Waals surface area contributed by atoms with E-state index >= 15 is 0 Å². The first-order valence-corrected chi connectivity index (χ1v) is 11.3. The zero-order valence-electron chi connectivity index (χ0n) is 18.7. The molecule has 0 N–H and O–H groups in total. The predicted octanol–water partition coefficient (Wildman–Crippen LogP) is 7.49. The molecule has 184 valence electrons. The van der Waals surface area contributed by atoms with Gasteiger partial charge in [-0.15, -0.1) is 13.2 Å². The van der Waals surface area contributed by atoms with Crippen molar-refractivity contribution in [1.29, 1.82) is 0 Å². The van der Waals surface area contributed by atoms with Crippen LogP contribution in [0.15, 0.2) is 72.8 Å². The topological polar surface area (TPSA) is 42.0 Å². The third-order valence-electron chi connectivity index (χ3n) is 5.79. The zero-order chi connectivity index (χ0) is 25.4. The minimum absolute atomic E-state index is 0.0838. The minimum Gasteiger partial charge on any atom is -0.406 e. The predicted molar refractivity (Wildman–Crippen MR) is 129 cm³/mol. The highest BCUT2D eigenvalue weighted by atomic mass is 35.5. The number of ether oxygens (including phenoxy) is 2. The molecule has 0 aliphatic carbocycles. The van der Waals surface area contributed by atoms with Crippen LogP contribution in [0.25, 0.3) is 0 Å². The molecule has 2 amide bonds. The summed E-state index contributed by atoms with van der Waals surface area (Å²) in [6, 6.07) is 17.9. The Hall–Kier alpha value is -2.94. The standard InChI is InChI=1S/C25H21Cl2F3N2O3/c1-24(15-34-2)22(16-4-3-5-21(14-16)35-25(28,29)30)31(19-10-6-17(26)7-11-19)23(33)32(24)20-12-8-18(27)9-13-20/h3-14,22H,15H2,1-2H3. The molecule has 5 nitrogen and oxygen atoms in total. The number of rotatable bonds is 6. The average molecular weight is 525 g/mol. The Balaban J connectivity index is 1.91. The monoisotopic (exact) mass is 524 g/mol. The van der Waals surface area contributed by atoms with Crippen LogP contribution in [0, 0.1) is 0 Å². The second-order valence-corrected chi connectivity index (χ2v) is 9.13. The maximum atomic E-state index is 14.0. The molecule has 2 unspecified atom stereocenters. The van der Waals surface area contributed by atoms with Crippen molar-refractivity contribution < 1.29 is 27.4 Å². The number of amides is 2. The second kappa shape index (κ2) is 9.60. The molecule has 0 saturated carbocycles. The van der Waals surface area contributed by atoms with Gasteiger partial charge in [0, 0.05) is 28.5 Å². The molecule has 35 heavy (non-hydrogen) atoms. The molecule has 0 aromatic heterocycles. The average Bonchev–Trinajstić information content (AvgIpc) is 3.01. The van der Waals surface area contributed by atoms with Gasteiger partial charge in [-0.25, -0.2) is 4.79 Å². The van der Waals surface area contributed by atoms with E-state index in [-0.39, 0.29) is 18.4 Å². The normalized spacial score (nSPS) is 20.4. The lowest BCUT2D eigenvalue weighted by Crippen LogP contribution is -2.49. The van der Waals surface area contributed by atoms with E-state index in [1.54, 1.807) is 59.5 Å². The molecule has 3 aromatic rings. The van der Waals surface area contributed by atoms with Crippen LogP contribution in [0.5, 0.6) is 5.75 Å². The van der Waals surface area contributed by atoms with E-state index in [2.05, 4.69) is 4.74 Å². The van der Waals surface area contributed by atoms with E-state index in [9.17, 15) is 18.0 Å². The van der Waals surface area contributed by atoms with E-state index in [0.717, 1.165) is 0 Å². The lowest BCUT2D eigenvalue weighted by Gasteiger charge is -2.38. The van der Waals surface area contributed by atoms with E-state index in [0.29, 0.717) is 27.0 Å².